The highest BCUT2D eigenvalue weighted by Gasteiger charge is 2.30. The van der Waals surface area contributed by atoms with Crippen molar-refractivity contribution in [1.29, 1.82) is 0 Å². The number of fused-ring (bicyclic) bond motifs is 3. The Kier molecular flexibility index (Phi) is 7.97. The Hall–Kier alpha value is -3.35. The Morgan fingerprint density at radius 2 is 1.56 bits per heavy atom. The van der Waals surface area contributed by atoms with Gasteiger partial charge in [-0.2, -0.15) is 0 Å². The first-order valence-electron chi connectivity index (χ1n) is 11.7. The van der Waals surface area contributed by atoms with Crippen LogP contribution in [0.5, 0.6) is 0 Å². The summed E-state index contributed by atoms with van der Waals surface area (Å²) < 4.78 is 5.61. The summed E-state index contributed by atoms with van der Waals surface area (Å²) >= 11 is 0. The van der Waals surface area contributed by atoms with Gasteiger partial charge in [0.15, 0.2) is 0 Å². The Balaban J connectivity index is 1.54. The Bertz CT molecular complexity index is 1000. The molecule has 182 valence electrons. The maximum absolute atomic E-state index is 12.6. The zero-order valence-corrected chi connectivity index (χ0v) is 20.3. The average Bonchev–Trinajstić information content (AvgIpc) is 3.10. The van der Waals surface area contributed by atoms with Crippen LogP contribution < -0.4 is 10.6 Å². The first-order valence-corrected chi connectivity index (χ1v) is 11.7. The lowest BCUT2D eigenvalue weighted by Gasteiger charge is -2.23. The van der Waals surface area contributed by atoms with Crippen LogP contribution in [0.2, 0.25) is 0 Å². The molecule has 0 aromatic heterocycles. The maximum Gasteiger partial charge on any atom is 0.407 e. The highest BCUT2D eigenvalue weighted by atomic mass is 16.5. The van der Waals surface area contributed by atoms with Crippen molar-refractivity contribution in [2.75, 3.05) is 13.2 Å². The molecule has 3 N–H and O–H groups in total. The standard InChI is InChI=1S/C27H34N2O5/c1-17(2)23(15-24(30)28-14-13-27(3,4)25(31)32)29-26(33)34-16-22-20-11-7-5-9-18(20)19-10-6-8-12-21(19)22/h5-12,17,22-23H,13-16H2,1-4H3,(H,28,30)(H,29,33)(H,31,32). The lowest BCUT2D eigenvalue weighted by Crippen LogP contribution is -2.43. The van der Waals surface area contributed by atoms with E-state index in [9.17, 15) is 19.5 Å². The first kappa shape index (κ1) is 25.3. The van der Waals surface area contributed by atoms with Crippen molar-refractivity contribution in [2.45, 2.75) is 52.5 Å². The molecule has 0 saturated heterocycles. The molecule has 0 bridgehead atoms. The highest BCUT2D eigenvalue weighted by Crippen LogP contribution is 2.44. The monoisotopic (exact) mass is 466 g/mol. The van der Waals surface area contributed by atoms with Gasteiger partial charge in [-0.05, 0) is 48.4 Å². The number of alkyl carbamates (subject to hydrolysis) is 1. The van der Waals surface area contributed by atoms with Gasteiger partial charge >= 0.3 is 12.1 Å². The molecule has 1 aliphatic carbocycles. The number of ether oxygens (including phenoxy) is 1. The molecule has 34 heavy (non-hydrogen) atoms. The molecule has 1 atom stereocenters. The molecule has 3 rings (SSSR count). The van der Waals surface area contributed by atoms with Gasteiger partial charge in [-0.15, -0.1) is 0 Å². The molecular weight excluding hydrogens is 432 g/mol. The van der Waals surface area contributed by atoms with Crippen LogP contribution in [0.1, 0.15) is 57.6 Å². The van der Waals surface area contributed by atoms with Crippen LogP contribution in [-0.2, 0) is 14.3 Å². The molecule has 0 heterocycles. The van der Waals surface area contributed by atoms with Crippen LogP contribution in [-0.4, -0.2) is 42.3 Å². The third-order valence-electron chi connectivity index (χ3n) is 6.51. The lowest BCUT2D eigenvalue weighted by molar-refractivity contribution is -0.147. The number of rotatable bonds is 10. The van der Waals surface area contributed by atoms with E-state index >= 15 is 0 Å². The molecule has 0 aliphatic heterocycles. The largest absolute Gasteiger partial charge is 0.481 e. The maximum atomic E-state index is 12.6. The zero-order valence-electron chi connectivity index (χ0n) is 20.3. The summed E-state index contributed by atoms with van der Waals surface area (Å²) in [6.07, 6.45) is -0.143. The van der Waals surface area contributed by atoms with E-state index in [-0.39, 0.29) is 37.3 Å². The molecule has 2 amide bonds. The van der Waals surface area contributed by atoms with E-state index < -0.39 is 23.5 Å². The molecule has 7 nitrogen and oxygen atoms in total. The van der Waals surface area contributed by atoms with Crippen LogP contribution >= 0.6 is 0 Å². The third-order valence-corrected chi connectivity index (χ3v) is 6.51. The average molecular weight is 467 g/mol. The molecule has 0 saturated carbocycles. The van der Waals surface area contributed by atoms with Crippen LogP contribution in [0.15, 0.2) is 48.5 Å². The van der Waals surface area contributed by atoms with Crippen molar-refractivity contribution < 1.29 is 24.2 Å². The fraction of sp³-hybridized carbons (Fsp3) is 0.444. The molecule has 2 aromatic carbocycles. The van der Waals surface area contributed by atoms with E-state index in [4.69, 9.17) is 4.74 Å². The van der Waals surface area contributed by atoms with Crippen molar-refractivity contribution in [3.63, 3.8) is 0 Å². The first-order chi connectivity index (χ1) is 16.1. The topological polar surface area (TPSA) is 105 Å². The van der Waals surface area contributed by atoms with Crippen molar-refractivity contribution in [3.8, 4) is 11.1 Å². The third kappa shape index (κ3) is 5.95. The summed E-state index contributed by atoms with van der Waals surface area (Å²) in [6.45, 7) is 7.56. The van der Waals surface area contributed by atoms with Gasteiger partial charge in [0.2, 0.25) is 5.91 Å². The van der Waals surface area contributed by atoms with E-state index in [1.54, 1.807) is 13.8 Å². The lowest BCUT2D eigenvalue weighted by atomic mass is 9.89. The minimum absolute atomic E-state index is 0.0155. The van der Waals surface area contributed by atoms with Gasteiger partial charge in [-0.25, -0.2) is 4.79 Å². The van der Waals surface area contributed by atoms with Crippen LogP contribution in [0, 0.1) is 11.3 Å². The van der Waals surface area contributed by atoms with E-state index in [0.717, 1.165) is 22.3 Å². The van der Waals surface area contributed by atoms with Gasteiger partial charge in [0.1, 0.15) is 6.61 Å². The van der Waals surface area contributed by atoms with Gasteiger partial charge < -0.3 is 20.5 Å². The van der Waals surface area contributed by atoms with Crippen molar-refractivity contribution in [1.82, 2.24) is 10.6 Å². The second-order valence-electron chi connectivity index (χ2n) is 9.81. The minimum atomic E-state index is -0.912. The second-order valence-corrected chi connectivity index (χ2v) is 9.81. The fourth-order valence-corrected chi connectivity index (χ4v) is 4.14. The Morgan fingerprint density at radius 3 is 2.09 bits per heavy atom. The highest BCUT2D eigenvalue weighted by molar-refractivity contribution is 5.80. The number of amides is 2. The summed E-state index contributed by atoms with van der Waals surface area (Å²) in [6, 6.07) is 15.9. The number of carboxylic acid groups (broad SMARTS) is 1. The zero-order chi connectivity index (χ0) is 24.9. The number of hydrogen-bond acceptors (Lipinski definition) is 4. The Labute approximate surface area is 200 Å². The number of nitrogens with one attached hydrogen (secondary N) is 2. The molecule has 1 unspecified atom stereocenters. The van der Waals surface area contributed by atoms with Gasteiger partial charge in [0.25, 0.3) is 0 Å². The quantitative estimate of drug-likeness (QED) is 0.476. The molecule has 0 radical (unpaired) electrons. The number of carbonyl (C=O) groups is 3. The van der Waals surface area contributed by atoms with Gasteiger partial charge in [-0.1, -0.05) is 62.4 Å². The Morgan fingerprint density at radius 1 is 1.00 bits per heavy atom. The molecule has 2 aromatic rings. The van der Waals surface area contributed by atoms with Crippen LogP contribution in [0.25, 0.3) is 11.1 Å². The number of carboxylic acids is 1. The fourth-order valence-electron chi connectivity index (χ4n) is 4.14. The van der Waals surface area contributed by atoms with Crippen molar-refractivity contribution >= 4 is 18.0 Å². The molecule has 0 fully saturated rings. The summed E-state index contributed by atoms with van der Waals surface area (Å²) in [5.74, 6) is -1.16. The van der Waals surface area contributed by atoms with Crippen molar-refractivity contribution in [2.24, 2.45) is 11.3 Å². The molecule has 1 aliphatic rings. The smallest absolute Gasteiger partial charge is 0.407 e. The van der Waals surface area contributed by atoms with E-state index in [0.29, 0.717) is 6.42 Å². The summed E-state index contributed by atoms with van der Waals surface area (Å²) in [4.78, 5) is 36.2. The SMILES string of the molecule is CC(C)C(CC(=O)NCCC(C)(C)C(=O)O)NC(=O)OCC1c2ccccc2-c2ccccc21. The van der Waals surface area contributed by atoms with E-state index in [1.165, 1.54) is 0 Å². The molecule has 7 heteroatoms. The normalized spacial score (nSPS) is 13.7. The van der Waals surface area contributed by atoms with E-state index in [2.05, 4.69) is 34.9 Å². The molecular formula is C27H34N2O5. The van der Waals surface area contributed by atoms with Crippen LogP contribution in [0.3, 0.4) is 0 Å². The number of benzene rings is 2. The van der Waals surface area contributed by atoms with E-state index in [1.807, 2.05) is 38.1 Å². The predicted molar refractivity (Wildman–Crippen MR) is 130 cm³/mol. The van der Waals surface area contributed by atoms with Crippen molar-refractivity contribution in [3.05, 3.63) is 59.7 Å². The summed E-state index contributed by atoms with van der Waals surface area (Å²) in [5, 5.41) is 14.8. The van der Waals surface area contributed by atoms with Crippen LogP contribution in [0.4, 0.5) is 4.79 Å². The molecule has 0 spiro atoms. The number of hydrogen-bond donors (Lipinski definition) is 3. The predicted octanol–water partition coefficient (Wildman–Crippen LogP) is 4.56. The number of aliphatic carboxylic acids is 1. The minimum Gasteiger partial charge on any atom is -0.481 e. The summed E-state index contributed by atoms with van der Waals surface area (Å²) in [5.41, 5.74) is 3.69. The van der Waals surface area contributed by atoms with Gasteiger partial charge in [0, 0.05) is 24.9 Å². The number of carbonyl (C=O) groups excluding carboxylic acids is 2. The second kappa shape index (κ2) is 10.7. The van der Waals surface area contributed by atoms with Gasteiger partial charge in [0.05, 0.1) is 5.41 Å². The summed E-state index contributed by atoms with van der Waals surface area (Å²) in [7, 11) is 0. The van der Waals surface area contributed by atoms with Gasteiger partial charge in [-0.3, -0.25) is 9.59 Å².